The van der Waals surface area contributed by atoms with Crippen LogP contribution >= 0.6 is 12.0 Å². The van der Waals surface area contributed by atoms with Gasteiger partial charge in [-0.1, -0.05) is 0 Å². The second-order valence-electron chi connectivity index (χ2n) is 1.83. The molecule has 0 bridgehead atoms. The first-order valence-corrected chi connectivity index (χ1v) is 4.75. The predicted octanol–water partition coefficient (Wildman–Crippen LogP) is 2.18. The van der Waals surface area contributed by atoms with Gasteiger partial charge in [0.25, 0.3) is 0 Å². The van der Waals surface area contributed by atoms with E-state index in [-0.39, 0.29) is 0 Å². The Balaban J connectivity index is 2.74. The molecule has 4 heteroatoms. The summed E-state index contributed by atoms with van der Waals surface area (Å²) in [4.78, 5) is 1.06. The molecule has 0 saturated heterocycles. The van der Waals surface area contributed by atoms with Gasteiger partial charge in [-0.25, -0.2) is 0 Å². The van der Waals surface area contributed by atoms with Crippen molar-refractivity contribution in [2.45, 2.75) is 4.90 Å². The van der Waals surface area contributed by atoms with E-state index in [1.54, 1.807) is 7.11 Å². The van der Waals surface area contributed by atoms with Crippen LogP contribution in [0, 0.1) is 0 Å². The Bertz CT molecular complexity index is 229. The molecule has 0 saturated carbocycles. The molecule has 57 valence electrons. The van der Waals surface area contributed by atoms with Crippen molar-refractivity contribution in [1.29, 1.82) is 0 Å². The molecule has 0 aliphatic rings. The van der Waals surface area contributed by atoms with E-state index < -0.39 is 0 Å². The Kier molecular flexibility index (Phi) is 4.20. The fourth-order valence-electron chi connectivity index (χ4n) is 0.686. The molecular weight excluding hydrogens is 239 g/mol. The van der Waals surface area contributed by atoms with Crippen LogP contribution in [0.25, 0.3) is 0 Å². The molecule has 0 aromatic heterocycles. The average Bonchev–Trinajstić information content (AvgIpc) is 2.06. The van der Waals surface area contributed by atoms with Gasteiger partial charge in [-0.2, -0.15) is 0 Å². The van der Waals surface area contributed by atoms with Crippen molar-refractivity contribution < 1.29 is 32.2 Å². The van der Waals surface area contributed by atoms with E-state index in [0.29, 0.717) is 0 Å². The molecule has 11 heavy (non-hydrogen) atoms. The van der Waals surface area contributed by atoms with Crippen LogP contribution in [0.1, 0.15) is 0 Å². The minimum absolute atomic E-state index is 0.894. The molecular formula is C7H7O2SZr. The zero-order chi connectivity index (χ0) is 8.10. The molecule has 0 spiro atoms. The molecule has 0 fully saturated rings. The van der Waals surface area contributed by atoms with Gasteiger partial charge < -0.3 is 0 Å². The van der Waals surface area contributed by atoms with Gasteiger partial charge in [-0.15, -0.1) is 0 Å². The van der Waals surface area contributed by atoms with Crippen LogP contribution in [-0.4, -0.2) is 7.11 Å². The van der Waals surface area contributed by atoms with Gasteiger partial charge >= 0.3 is 86.2 Å². The van der Waals surface area contributed by atoms with Crippen molar-refractivity contribution in [3.05, 3.63) is 24.3 Å². The molecule has 0 heterocycles. The van der Waals surface area contributed by atoms with Gasteiger partial charge in [0, 0.05) is 0 Å². The number of benzene rings is 1. The van der Waals surface area contributed by atoms with Crippen LogP contribution in [-0.2, 0) is 29.3 Å². The molecule has 2 nitrogen and oxygen atoms in total. The molecule has 0 amide bonds. The summed E-state index contributed by atoms with van der Waals surface area (Å²) in [7, 11) is 1.65. The third kappa shape index (κ3) is 2.98. The van der Waals surface area contributed by atoms with E-state index in [1.165, 1.54) is 12.0 Å². The van der Waals surface area contributed by atoms with Gasteiger partial charge in [-0.05, 0) is 0 Å². The van der Waals surface area contributed by atoms with Crippen molar-refractivity contribution in [2.24, 2.45) is 0 Å². The van der Waals surface area contributed by atoms with Crippen molar-refractivity contribution in [3.8, 4) is 5.75 Å². The van der Waals surface area contributed by atoms with E-state index in [9.17, 15) is 0 Å². The summed E-state index contributed by atoms with van der Waals surface area (Å²) in [5.74, 6) is 0.894. The van der Waals surface area contributed by atoms with Crippen molar-refractivity contribution in [3.63, 3.8) is 0 Å². The number of hydrogen-bond acceptors (Lipinski definition) is 3. The topological polar surface area (TPSA) is 18.5 Å². The van der Waals surface area contributed by atoms with E-state index >= 15 is 0 Å². The van der Waals surface area contributed by atoms with Crippen molar-refractivity contribution >= 4 is 12.0 Å². The zero-order valence-electron chi connectivity index (χ0n) is 6.03. The summed E-state index contributed by atoms with van der Waals surface area (Å²) >= 11 is 2.39. The molecule has 1 rings (SSSR count). The van der Waals surface area contributed by atoms with E-state index in [1.807, 2.05) is 24.3 Å². The molecule has 0 N–H and O–H groups in total. The summed E-state index contributed by atoms with van der Waals surface area (Å²) in [6.45, 7) is 0. The Hall–Kier alpha value is 0.213. The predicted molar refractivity (Wildman–Crippen MR) is 39.9 cm³/mol. The summed E-state index contributed by atoms with van der Waals surface area (Å²) in [5, 5.41) is 0. The first-order valence-electron chi connectivity index (χ1n) is 3.01. The van der Waals surface area contributed by atoms with Crippen molar-refractivity contribution in [1.82, 2.24) is 0 Å². The Morgan fingerprint density at radius 2 is 2.27 bits per heavy atom. The van der Waals surface area contributed by atoms with Gasteiger partial charge in [0.15, 0.2) is 0 Å². The SMILES string of the molecule is COSc1cccc([O][Zr])c1. The molecule has 1 aromatic rings. The van der Waals surface area contributed by atoms with Crippen LogP contribution in [0.3, 0.4) is 0 Å². The first-order chi connectivity index (χ1) is 5.36. The maximum absolute atomic E-state index is 5.12. The molecule has 0 aliphatic heterocycles. The van der Waals surface area contributed by atoms with Gasteiger partial charge in [0.2, 0.25) is 0 Å². The minimum atomic E-state index is 0.894. The summed E-state index contributed by atoms with van der Waals surface area (Å²) in [5.41, 5.74) is 0. The van der Waals surface area contributed by atoms with Gasteiger partial charge in [-0.3, -0.25) is 0 Å². The Morgan fingerprint density at radius 3 is 2.91 bits per heavy atom. The Morgan fingerprint density at radius 1 is 1.45 bits per heavy atom. The van der Waals surface area contributed by atoms with Crippen LogP contribution < -0.4 is 2.81 Å². The van der Waals surface area contributed by atoms with E-state index in [0.717, 1.165) is 35.8 Å². The molecule has 0 radical (unpaired) electrons. The number of rotatable bonds is 3. The molecule has 1 aromatic carbocycles. The molecule has 0 aliphatic carbocycles. The molecule has 0 unspecified atom stereocenters. The first kappa shape index (κ1) is 9.30. The van der Waals surface area contributed by atoms with Gasteiger partial charge in [0.1, 0.15) is 0 Å². The molecule has 0 atom stereocenters. The summed E-state index contributed by atoms with van der Waals surface area (Å²) < 4.78 is 10.0. The van der Waals surface area contributed by atoms with Crippen LogP contribution in [0.2, 0.25) is 0 Å². The van der Waals surface area contributed by atoms with Crippen molar-refractivity contribution in [2.75, 3.05) is 7.11 Å². The Labute approximate surface area is 85.9 Å². The maximum atomic E-state index is 5.12. The summed E-state index contributed by atoms with van der Waals surface area (Å²) in [6, 6.07) is 7.80. The third-order valence-corrected chi connectivity index (χ3v) is 2.30. The quantitative estimate of drug-likeness (QED) is 0.762. The van der Waals surface area contributed by atoms with Crippen LogP contribution in [0.4, 0.5) is 0 Å². The number of hydrogen-bond donors (Lipinski definition) is 0. The van der Waals surface area contributed by atoms with Crippen LogP contribution in [0.15, 0.2) is 29.2 Å². The second kappa shape index (κ2) is 4.97. The fourth-order valence-corrected chi connectivity index (χ4v) is 1.49. The standard InChI is InChI=1S/C7H8O2S.Zr/c1-9-10-7-4-2-3-6(8)5-7;/h2-5,8H,1H3;/q;+1/p-1. The monoisotopic (exact) mass is 245 g/mol. The van der Waals surface area contributed by atoms with E-state index in [4.69, 9.17) is 7.00 Å². The second-order valence-corrected chi connectivity index (χ2v) is 3.30. The van der Waals surface area contributed by atoms with Gasteiger partial charge in [0.05, 0.1) is 0 Å². The van der Waals surface area contributed by atoms with Crippen LogP contribution in [0.5, 0.6) is 5.75 Å². The zero-order valence-corrected chi connectivity index (χ0v) is 9.31. The summed E-state index contributed by atoms with van der Waals surface area (Å²) in [6.07, 6.45) is 0. The fraction of sp³-hybridized carbons (Fsp3) is 0.143. The normalized spacial score (nSPS) is 9.45. The van der Waals surface area contributed by atoms with E-state index in [2.05, 4.69) is 0 Å². The average molecular weight is 246 g/mol. The third-order valence-electron chi connectivity index (χ3n) is 1.10.